The van der Waals surface area contributed by atoms with Gasteiger partial charge in [0.15, 0.2) is 0 Å². The summed E-state index contributed by atoms with van der Waals surface area (Å²) in [6, 6.07) is 0. The first kappa shape index (κ1) is 17.2. The molecule has 0 aliphatic rings. The Hall–Kier alpha value is -0.845. The van der Waals surface area contributed by atoms with E-state index < -0.39 is 7.12 Å². The van der Waals surface area contributed by atoms with Crippen molar-refractivity contribution in [2.75, 3.05) is 19.6 Å². The molecule has 6 heteroatoms. The quantitative estimate of drug-likeness (QED) is 0.466. The number of rotatable bonds is 11. The van der Waals surface area contributed by atoms with Crippen molar-refractivity contribution in [1.82, 2.24) is 14.7 Å². The molecule has 5 nitrogen and oxygen atoms in total. The minimum Gasteiger partial charge on any atom is -0.423 e. The van der Waals surface area contributed by atoms with Crippen molar-refractivity contribution >= 4 is 12.6 Å². The average molecular weight is 281 g/mol. The first-order chi connectivity index (χ1) is 9.67. The van der Waals surface area contributed by atoms with Gasteiger partial charge in [-0.2, -0.15) is 5.10 Å². The van der Waals surface area contributed by atoms with E-state index in [4.69, 9.17) is 10.0 Å². The van der Waals surface area contributed by atoms with Gasteiger partial charge in [-0.15, -0.1) is 0 Å². The summed E-state index contributed by atoms with van der Waals surface area (Å²) < 4.78 is 1.78. The van der Waals surface area contributed by atoms with Crippen LogP contribution >= 0.6 is 0 Å². The minimum atomic E-state index is -1.43. The SMILES string of the molecule is CCCCCCN(CCC)CCn1cc(B(O)O)cn1. The smallest absolute Gasteiger partial charge is 0.423 e. The van der Waals surface area contributed by atoms with E-state index in [9.17, 15) is 0 Å². The first-order valence-electron chi connectivity index (χ1n) is 7.78. The van der Waals surface area contributed by atoms with Gasteiger partial charge in [-0.25, -0.2) is 0 Å². The molecular weight excluding hydrogens is 253 g/mol. The van der Waals surface area contributed by atoms with Gasteiger partial charge < -0.3 is 14.9 Å². The first-order valence-corrected chi connectivity index (χ1v) is 7.78. The lowest BCUT2D eigenvalue weighted by Gasteiger charge is -2.21. The lowest BCUT2D eigenvalue weighted by atomic mass is 9.83. The molecule has 1 aromatic rings. The maximum absolute atomic E-state index is 9.06. The standard InChI is InChI=1S/C14H28BN3O2/c1-3-5-6-7-9-17(8-4-2)10-11-18-13-14(12-16-18)15(19)20/h12-13,19-20H,3-11H2,1-2H3. The second kappa shape index (κ2) is 9.97. The van der Waals surface area contributed by atoms with Crippen molar-refractivity contribution in [2.45, 2.75) is 52.5 Å². The summed E-state index contributed by atoms with van der Waals surface area (Å²) in [6.45, 7) is 8.44. The van der Waals surface area contributed by atoms with Crippen LogP contribution in [0.25, 0.3) is 0 Å². The maximum atomic E-state index is 9.06. The Balaban J connectivity index is 2.33. The molecule has 0 spiro atoms. The van der Waals surface area contributed by atoms with Crippen LogP contribution in [0.15, 0.2) is 12.4 Å². The topological polar surface area (TPSA) is 61.5 Å². The van der Waals surface area contributed by atoms with Gasteiger partial charge in [-0.05, 0) is 25.9 Å². The molecule has 0 saturated carbocycles. The van der Waals surface area contributed by atoms with E-state index in [1.165, 1.54) is 31.9 Å². The van der Waals surface area contributed by atoms with Gasteiger partial charge in [-0.1, -0.05) is 33.1 Å². The Morgan fingerprint density at radius 2 is 1.90 bits per heavy atom. The van der Waals surface area contributed by atoms with E-state index in [0.29, 0.717) is 5.46 Å². The van der Waals surface area contributed by atoms with Crippen molar-refractivity contribution in [3.8, 4) is 0 Å². The second-order valence-corrected chi connectivity index (χ2v) is 5.31. The van der Waals surface area contributed by atoms with Gasteiger partial charge in [0, 0.05) is 24.4 Å². The monoisotopic (exact) mass is 281 g/mol. The molecule has 2 N–H and O–H groups in total. The van der Waals surface area contributed by atoms with Crippen LogP contribution in [0.5, 0.6) is 0 Å². The highest BCUT2D eigenvalue weighted by molar-refractivity contribution is 6.58. The number of nitrogens with zero attached hydrogens (tertiary/aromatic N) is 3. The number of aromatic nitrogens is 2. The second-order valence-electron chi connectivity index (χ2n) is 5.31. The molecule has 0 aliphatic heterocycles. The summed E-state index contributed by atoms with van der Waals surface area (Å²) in [5, 5.41) is 22.3. The van der Waals surface area contributed by atoms with Crippen molar-refractivity contribution in [3.63, 3.8) is 0 Å². The van der Waals surface area contributed by atoms with E-state index >= 15 is 0 Å². The highest BCUT2D eigenvalue weighted by atomic mass is 16.4. The Kier molecular flexibility index (Phi) is 8.57. The predicted molar refractivity (Wildman–Crippen MR) is 82.9 cm³/mol. The lowest BCUT2D eigenvalue weighted by Crippen LogP contribution is -2.30. The molecule has 0 atom stereocenters. The molecule has 0 fully saturated rings. The summed E-state index contributed by atoms with van der Waals surface area (Å²) >= 11 is 0. The number of hydrogen-bond acceptors (Lipinski definition) is 4. The van der Waals surface area contributed by atoms with Gasteiger partial charge in [0.25, 0.3) is 0 Å². The molecule has 1 aromatic heterocycles. The van der Waals surface area contributed by atoms with E-state index in [2.05, 4.69) is 23.8 Å². The third kappa shape index (κ3) is 6.54. The summed E-state index contributed by atoms with van der Waals surface area (Å²) in [7, 11) is -1.43. The van der Waals surface area contributed by atoms with Crippen molar-refractivity contribution < 1.29 is 10.0 Å². The summed E-state index contributed by atoms with van der Waals surface area (Å²) in [6.07, 6.45) is 9.52. The van der Waals surface area contributed by atoms with Gasteiger partial charge >= 0.3 is 7.12 Å². The molecule has 0 aliphatic carbocycles. The minimum absolute atomic E-state index is 0.454. The van der Waals surface area contributed by atoms with Crippen molar-refractivity contribution in [3.05, 3.63) is 12.4 Å². The fourth-order valence-electron chi connectivity index (χ4n) is 2.29. The molecule has 0 unspecified atom stereocenters. The highest BCUT2D eigenvalue weighted by Crippen LogP contribution is 2.02. The molecule has 1 heterocycles. The lowest BCUT2D eigenvalue weighted by molar-refractivity contribution is 0.253. The predicted octanol–water partition coefficient (Wildman–Crippen LogP) is 0.855. The zero-order valence-electron chi connectivity index (χ0n) is 12.8. The average Bonchev–Trinajstić information content (AvgIpc) is 2.90. The Bertz CT molecular complexity index is 358. The van der Waals surface area contributed by atoms with E-state index in [0.717, 1.165) is 32.6 Å². The summed E-state index contributed by atoms with van der Waals surface area (Å²) in [4.78, 5) is 2.46. The maximum Gasteiger partial charge on any atom is 0.491 e. The zero-order chi connectivity index (χ0) is 14.8. The van der Waals surface area contributed by atoms with Gasteiger partial charge in [0.05, 0.1) is 6.54 Å². The van der Waals surface area contributed by atoms with E-state index in [1.54, 1.807) is 10.9 Å². The normalized spacial score (nSPS) is 11.2. The van der Waals surface area contributed by atoms with E-state index in [-0.39, 0.29) is 0 Å². The molecule has 114 valence electrons. The molecule has 0 bridgehead atoms. The Labute approximate surface area is 122 Å². The van der Waals surface area contributed by atoms with Crippen LogP contribution in [0.2, 0.25) is 0 Å². The molecule has 20 heavy (non-hydrogen) atoms. The molecule has 1 rings (SSSR count). The summed E-state index contributed by atoms with van der Waals surface area (Å²) in [5.74, 6) is 0. The van der Waals surface area contributed by atoms with Crippen LogP contribution in [0.1, 0.15) is 46.0 Å². The molecule has 0 radical (unpaired) electrons. The Morgan fingerprint density at radius 3 is 2.50 bits per heavy atom. The molecule has 0 saturated heterocycles. The zero-order valence-corrected chi connectivity index (χ0v) is 12.8. The van der Waals surface area contributed by atoms with Gasteiger partial charge in [-0.3, -0.25) is 4.68 Å². The number of unbranched alkanes of at least 4 members (excludes halogenated alkanes) is 3. The van der Waals surface area contributed by atoms with Crippen LogP contribution < -0.4 is 5.46 Å². The van der Waals surface area contributed by atoms with Gasteiger partial charge in [0.1, 0.15) is 0 Å². The van der Waals surface area contributed by atoms with Crippen LogP contribution in [-0.2, 0) is 6.54 Å². The Morgan fingerprint density at radius 1 is 1.10 bits per heavy atom. The largest absolute Gasteiger partial charge is 0.491 e. The highest BCUT2D eigenvalue weighted by Gasteiger charge is 2.13. The number of hydrogen-bond donors (Lipinski definition) is 2. The van der Waals surface area contributed by atoms with Crippen LogP contribution in [0, 0.1) is 0 Å². The molecule has 0 amide bonds. The van der Waals surface area contributed by atoms with Gasteiger partial charge in [0.2, 0.25) is 0 Å². The van der Waals surface area contributed by atoms with Crippen LogP contribution in [0.4, 0.5) is 0 Å². The van der Waals surface area contributed by atoms with Crippen molar-refractivity contribution in [2.24, 2.45) is 0 Å². The fourth-order valence-corrected chi connectivity index (χ4v) is 2.29. The fraction of sp³-hybridized carbons (Fsp3) is 0.786. The third-order valence-electron chi connectivity index (χ3n) is 3.46. The van der Waals surface area contributed by atoms with Crippen molar-refractivity contribution in [1.29, 1.82) is 0 Å². The summed E-state index contributed by atoms with van der Waals surface area (Å²) in [5.41, 5.74) is 0.454. The molecular formula is C14H28BN3O2. The molecule has 0 aromatic carbocycles. The van der Waals surface area contributed by atoms with E-state index in [1.807, 2.05) is 0 Å². The third-order valence-corrected chi connectivity index (χ3v) is 3.46. The van der Waals surface area contributed by atoms with Crippen LogP contribution in [0.3, 0.4) is 0 Å². The van der Waals surface area contributed by atoms with Crippen LogP contribution in [-0.4, -0.2) is 51.5 Å².